The quantitative estimate of drug-likeness (QED) is 0.833. The molecule has 128 valence electrons. The highest BCUT2D eigenvalue weighted by Gasteiger charge is 2.35. The molecule has 1 saturated heterocycles. The van der Waals surface area contributed by atoms with Gasteiger partial charge >= 0.3 is 0 Å². The van der Waals surface area contributed by atoms with Crippen LogP contribution in [0.2, 0.25) is 0 Å². The average molecular weight is 337 g/mol. The lowest BCUT2D eigenvalue weighted by atomic mass is 9.94. The van der Waals surface area contributed by atoms with Crippen LogP contribution in [0.5, 0.6) is 0 Å². The van der Waals surface area contributed by atoms with E-state index >= 15 is 0 Å². The molecule has 4 nitrogen and oxygen atoms in total. The van der Waals surface area contributed by atoms with Gasteiger partial charge in [0.1, 0.15) is 0 Å². The number of benzene rings is 1. The average Bonchev–Trinajstić information content (AvgIpc) is 3.35. The highest BCUT2D eigenvalue weighted by molar-refractivity contribution is 7.90. The van der Waals surface area contributed by atoms with Crippen LogP contribution in [0, 0.1) is 12.8 Å². The van der Waals surface area contributed by atoms with Gasteiger partial charge in [-0.25, -0.2) is 13.1 Å². The third kappa shape index (κ3) is 4.78. The van der Waals surface area contributed by atoms with Crippen molar-refractivity contribution in [3.05, 3.63) is 35.4 Å². The van der Waals surface area contributed by atoms with Gasteiger partial charge in [-0.3, -0.25) is 4.90 Å². The van der Waals surface area contributed by atoms with E-state index in [1.807, 2.05) is 0 Å². The summed E-state index contributed by atoms with van der Waals surface area (Å²) in [4.78, 5) is 2.52. The van der Waals surface area contributed by atoms with E-state index in [9.17, 15) is 8.42 Å². The van der Waals surface area contributed by atoms with Crippen molar-refractivity contribution in [3.63, 3.8) is 0 Å². The number of hydrogen-bond acceptors (Lipinski definition) is 3. The second-order valence-electron chi connectivity index (χ2n) is 7.10. The first-order chi connectivity index (χ1) is 11.0. The molecule has 1 N–H and O–H groups in total. The van der Waals surface area contributed by atoms with Crippen LogP contribution in [-0.4, -0.2) is 38.2 Å². The van der Waals surface area contributed by atoms with Crippen molar-refractivity contribution in [1.82, 2.24) is 9.62 Å². The minimum Gasteiger partial charge on any atom is -0.299 e. The lowest BCUT2D eigenvalue weighted by Gasteiger charge is -2.33. The van der Waals surface area contributed by atoms with Crippen molar-refractivity contribution in [1.29, 1.82) is 0 Å². The minimum atomic E-state index is -3.02. The molecule has 1 heterocycles. The summed E-state index contributed by atoms with van der Waals surface area (Å²) in [6, 6.07) is 8.58. The van der Waals surface area contributed by atoms with Crippen LogP contribution in [0.15, 0.2) is 24.3 Å². The molecular weight excluding hydrogens is 308 g/mol. The summed E-state index contributed by atoms with van der Waals surface area (Å²) >= 11 is 0. The van der Waals surface area contributed by atoms with Crippen molar-refractivity contribution in [2.45, 2.75) is 50.8 Å². The van der Waals surface area contributed by atoms with Crippen molar-refractivity contribution in [2.24, 2.45) is 5.92 Å². The predicted octanol–water partition coefficient (Wildman–Crippen LogP) is 2.68. The highest BCUT2D eigenvalue weighted by Crippen LogP contribution is 2.27. The summed E-state index contributed by atoms with van der Waals surface area (Å²) in [5.74, 6) is 0.606. The maximum atomic E-state index is 11.9. The summed E-state index contributed by atoms with van der Waals surface area (Å²) < 4.78 is 26.5. The maximum Gasteiger partial charge on any atom is 0.214 e. The fourth-order valence-corrected chi connectivity index (χ4v) is 4.86. The molecular formula is C18H28N2O2S. The summed E-state index contributed by atoms with van der Waals surface area (Å²) in [7, 11) is -3.02. The maximum absolute atomic E-state index is 11.9. The third-order valence-electron chi connectivity index (χ3n) is 5.08. The van der Waals surface area contributed by atoms with E-state index in [0.29, 0.717) is 12.5 Å². The first-order valence-electron chi connectivity index (χ1n) is 8.80. The summed E-state index contributed by atoms with van der Waals surface area (Å²) in [6.45, 7) is 6.01. The number of nitrogens with one attached hydrogen (secondary N) is 1. The second-order valence-corrected chi connectivity index (χ2v) is 9.14. The number of hydrogen-bond donors (Lipinski definition) is 1. The smallest absolute Gasteiger partial charge is 0.214 e. The van der Waals surface area contributed by atoms with E-state index < -0.39 is 10.0 Å². The number of aryl methyl sites for hydroxylation is 1. The molecule has 1 saturated carbocycles. The Kier molecular flexibility index (Phi) is 5.39. The van der Waals surface area contributed by atoms with Crippen LogP contribution in [-0.2, 0) is 16.6 Å². The predicted molar refractivity (Wildman–Crippen MR) is 93.7 cm³/mol. The van der Waals surface area contributed by atoms with E-state index in [1.165, 1.54) is 24.0 Å². The van der Waals surface area contributed by atoms with Gasteiger partial charge in [-0.05, 0) is 62.6 Å². The van der Waals surface area contributed by atoms with Crippen molar-refractivity contribution in [2.75, 3.05) is 19.6 Å². The van der Waals surface area contributed by atoms with Crippen LogP contribution in [0.4, 0.5) is 0 Å². The van der Waals surface area contributed by atoms with Gasteiger partial charge in [0.2, 0.25) is 10.0 Å². The Morgan fingerprint density at radius 3 is 2.74 bits per heavy atom. The molecule has 0 radical (unpaired) electrons. The zero-order valence-electron chi connectivity index (χ0n) is 14.0. The Morgan fingerprint density at radius 2 is 2.00 bits per heavy atom. The molecule has 1 aliphatic heterocycles. The molecule has 1 aliphatic carbocycles. The van der Waals surface area contributed by atoms with Gasteiger partial charge in [0.15, 0.2) is 0 Å². The lowest BCUT2D eigenvalue weighted by Crippen LogP contribution is -2.37. The van der Waals surface area contributed by atoms with Crippen LogP contribution in [0.25, 0.3) is 0 Å². The first kappa shape index (κ1) is 16.9. The normalized spacial score (nSPS) is 23.1. The Balaban J connectivity index is 1.45. The zero-order chi connectivity index (χ0) is 16.3. The Labute approximate surface area is 140 Å². The van der Waals surface area contributed by atoms with Crippen LogP contribution >= 0.6 is 0 Å². The molecule has 2 aliphatic rings. The molecule has 0 unspecified atom stereocenters. The van der Waals surface area contributed by atoms with Crippen LogP contribution < -0.4 is 4.72 Å². The molecule has 3 rings (SSSR count). The van der Waals surface area contributed by atoms with Gasteiger partial charge in [0, 0.05) is 19.6 Å². The molecule has 2 fully saturated rings. The number of rotatable bonds is 7. The lowest BCUT2D eigenvalue weighted by molar-refractivity contribution is 0.162. The number of likely N-dealkylation sites (tertiary alicyclic amines) is 1. The zero-order valence-corrected chi connectivity index (χ0v) is 14.8. The van der Waals surface area contributed by atoms with Gasteiger partial charge in [0.25, 0.3) is 0 Å². The molecule has 1 aromatic carbocycles. The van der Waals surface area contributed by atoms with E-state index in [0.717, 1.165) is 38.9 Å². The summed E-state index contributed by atoms with van der Waals surface area (Å²) in [6.07, 6.45) is 5.06. The van der Waals surface area contributed by atoms with Gasteiger partial charge in [-0.1, -0.05) is 24.3 Å². The fourth-order valence-electron chi connectivity index (χ4n) is 3.46. The second kappa shape index (κ2) is 7.32. The monoisotopic (exact) mass is 336 g/mol. The SMILES string of the molecule is Cc1ccccc1CN1CCC[C@@H](CCNS(=O)(=O)C2CC2)C1. The molecule has 0 amide bonds. The van der Waals surface area contributed by atoms with Gasteiger partial charge in [-0.2, -0.15) is 0 Å². The van der Waals surface area contributed by atoms with E-state index in [-0.39, 0.29) is 5.25 Å². The van der Waals surface area contributed by atoms with Crippen molar-refractivity contribution in [3.8, 4) is 0 Å². The topological polar surface area (TPSA) is 49.4 Å². The van der Waals surface area contributed by atoms with Crippen molar-refractivity contribution >= 4 is 10.0 Å². The molecule has 0 aromatic heterocycles. The largest absolute Gasteiger partial charge is 0.299 e. The first-order valence-corrected chi connectivity index (χ1v) is 10.3. The Bertz CT molecular complexity index is 626. The Hall–Kier alpha value is -0.910. The summed E-state index contributed by atoms with van der Waals surface area (Å²) in [5, 5.41) is -0.105. The van der Waals surface area contributed by atoms with Gasteiger partial charge < -0.3 is 0 Å². The third-order valence-corrected chi connectivity index (χ3v) is 7.03. The highest BCUT2D eigenvalue weighted by atomic mass is 32.2. The van der Waals surface area contributed by atoms with Crippen molar-refractivity contribution < 1.29 is 8.42 Å². The van der Waals surface area contributed by atoms with Crippen LogP contribution in [0.1, 0.15) is 43.2 Å². The van der Waals surface area contributed by atoms with E-state index in [2.05, 4.69) is 40.8 Å². The Morgan fingerprint density at radius 1 is 1.22 bits per heavy atom. The summed E-state index contributed by atoms with van der Waals surface area (Å²) in [5.41, 5.74) is 2.76. The van der Waals surface area contributed by atoms with Crippen LogP contribution in [0.3, 0.4) is 0 Å². The van der Waals surface area contributed by atoms with E-state index in [1.54, 1.807) is 0 Å². The number of sulfonamides is 1. The standard InChI is InChI=1S/C18H28N2O2S/c1-15-5-2-3-7-17(15)14-20-12-4-6-16(13-20)10-11-19-23(21,22)18-8-9-18/h2-3,5,7,16,18-19H,4,6,8-14H2,1H3/t16-/m0/s1. The molecule has 23 heavy (non-hydrogen) atoms. The molecule has 5 heteroatoms. The fraction of sp³-hybridized carbons (Fsp3) is 0.667. The van der Waals surface area contributed by atoms with Gasteiger partial charge in [0.05, 0.1) is 5.25 Å². The molecule has 0 spiro atoms. The number of nitrogens with zero attached hydrogens (tertiary/aromatic N) is 1. The van der Waals surface area contributed by atoms with E-state index in [4.69, 9.17) is 0 Å². The molecule has 0 bridgehead atoms. The minimum absolute atomic E-state index is 0.105. The number of piperidine rings is 1. The van der Waals surface area contributed by atoms with Gasteiger partial charge in [-0.15, -0.1) is 0 Å². The molecule has 1 atom stereocenters. The molecule has 1 aromatic rings.